The average Bonchev–Trinajstić information content (AvgIpc) is 3.28. The molecule has 7 nitrogen and oxygen atoms in total. The Morgan fingerprint density at radius 3 is 2.60 bits per heavy atom. The van der Waals surface area contributed by atoms with Crippen LogP contribution < -0.4 is 0 Å². The number of pyridine rings is 1. The van der Waals surface area contributed by atoms with Gasteiger partial charge in [-0.2, -0.15) is 5.10 Å². The van der Waals surface area contributed by atoms with Gasteiger partial charge in [-0.05, 0) is 37.8 Å². The minimum atomic E-state index is -3.06. The van der Waals surface area contributed by atoms with Gasteiger partial charge in [-0.25, -0.2) is 18.1 Å². The number of aryl methyl sites for hydroxylation is 2. The standard InChI is InChI=1S/C22H25N3O4S/c1-14-18(9-10-19(26)29-3)15(2)23-22-20(14)21(16-7-5-4-6-8-16)24-25(22)17-11-12-30(27,28)13-17/h4-8,17H,9-13H2,1-3H3/t17-/m1/s1. The molecular weight excluding hydrogens is 402 g/mol. The van der Waals surface area contributed by atoms with Gasteiger partial charge in [0.05, 0.1) is 30.0 Å². The van der Waals surface area contributed by atoms with E-state index in [4.69, 9.17) is 14.8 Å². The normalized spacial score (nSPS) is 18.0. The summed E-state index contributed by atoms with van der Waals surface area (Å²) in [6, 6.07) is 9.62. The van der Waals surface area contributed by atoms with Crippen LogP contribution in [0.5, 0.6) is 0 Å². The second-order valence-corrected chi connectivity index (χ2v) is 10.0. The van der Waals surface area contributed by atoms with E-state index in [1.165, 1.54) is 7.11 Å². The van der Waals surface area contributed by atoms with Crippen molar-refractivity contribution in [1.82, 2.24) is 14.8 Å². The van der Waals surface area contributed by atoms with Crippen LogP contribution in [0.2, 0.25) is 0 Å². The minimum Gasteiger partial charge on any atom is -0.469 e. The van der Waals surface area contributed by atoms with Gasteiger partial charge < -0.3 is 4.74 Å². The van der Waals surface area contributed by atoms with E-state index in [0.29, 0.717) is 18.5 Å². The molecule has 0 N–H and O–H groups in total. The molecule has 3 aromatic rings. The highest BCUT2D eigenvalue weighted by Crippen LogP contribution is 2.36. The molecule has 0 bridgehead atoms. The summed E-state index contributed by atoms with van der Waals surface area (Å²) >= 11 is 0. The van der Waals surface area contributed by atoms with Gasteiger partial charge in [0.15, 0.2) is 15.5 Å². The number of nitrogens with zero attached hydrogens (tertiary/aromatic N) is 3. The Kier molecular flexibility index (Phi) is 5.36. The summed E-state index contributed by atoms with van der Waals surface area (Å²) in [7, 11) is -1.67. The van der Waals surface area contributed by atoms with Crippen molar-refractivity contribution in [1.29, 1.82) is 0 Å². The molecule has 3 heterocycles. The first-order valence-corrected chi connectivity index (χ1v) is 11.8. The predicted octanol–water partition coefficient (Wildman–Crippen LogP) is 3.18. The van der Waals surface area contributed by atoms with Crippen molar-refractivity contribution in [2.45, 2.75) is 39.2 Å². The molecule has 8 heteroatoms. The number of aromatic nitrogens is 3. The molecule has 1 atom stereocenters. The van der Waals surface area contributed by atoms with Crippen LogP contribution in [0.3, 0.4) is 0 Å². The van der Waals surface area contributed by atoms with Crippen LogP contribution in [0.4, 0.5) is 0 Å². The van der Waals surface area contributed by atoms with E-state index >= 15 is 0 Å². The Balaban J connectivity index is 1.91. The highest BCUT2D eigenvalue weighted by atomic mass is 32.2. The monoisotopic (exact) mass is 427 g/mol. The van der Waals surface area contributed by atoms with Gasteiger partial charge >= 0.3 is 5.97 Å². The number of rotatable bonds is 5. The largest absolute Gasteiger partial charge is 0.469 e. The third-order valence-electron chi connectivity index (χ3n) is 5.83. The highest BCUT2D eigenvalue weighted by Gasteiger charge is 2.32. The lowest BCUT2D eigenvalue weighted by Gasteiger charge is -2.13. The molecule has 0 spiro atoms. The zero-order valence-electron chi connectivity index (χ0n) is 17.4. The first-order chi connectivity index (χ1) is 14.3. The van der Waals surface area contributed by atoms with Crippen molar-refractivity contribution in [2.24, 2.45) is 0 Å². The van der Waals surface area contributed by atoms with Crippen LogP contribution in [-0.2, 0) is 25.8 Å². The van der Waals surface area contributed by atoms with E-state index in [1.54, 1.807) is 4.68 Å². The average molecular weight is 428 g/mol. The molecule has 1 saturated heterocycles. The maximum Gasteiger partial charge on any atom is 0.305 e. The van der Waals surface area contributed by atoms with Gasteiger partial charge in [0.1, 0.15) is 5.69 Å². The van der Waals surface area contributed by atoms with Crippen LogP contribution in [0, 0.1) is 13.8 Å². The number of fused-ring (bicyclic) bond motifs is 1. The van der Waals surface area contributed by atoms with Crippen molar-refractivity contribution >= 4 is 26.8 Å². The van der Waals surface area contributed by atoms with E-state index < -0.39 is 9.84 Å². The predicted molar refractivity (Wildman–Crippen MR) is 115 cm³/mol. The molecule has 0 saturated carbocycles. The van der Waals surface area contributed by atoms with E-state index in [-0.39, 0.29) is 29.9 Å². The first-order valence-electron chi connectivity index (χ1n) is 10.0. The van der Waals surface area contributed by atoms with Gasteiger partial charge in [-0.1, -0.05) is 30.3 Å². The molecule has 0 aliphatic carbocycles. The molecule has 2 aromatic heterocycles. The Bertz CT molecular complexity index is 1220. The summed E-state index contributed by atoms with van der Waals surface area (Å²) in [6.45, 7) is 3.94. The van der Waals surface area contributed by atoms with Gasteiger partial charge in [-0.3, -0.25) is 4.79 Å². The zero-order valence-corrected chi connectivity index (χ0v) is 18.2. The van der Waals surface area contributed by atoms with Crippen LogP contribution in [0.1, 0.15) is 35.7 Å². The lowest BCUT2D eigenvalue weighted by molar-refractivity contribution is -0.140. The summed E-state index contributed by atoms with van der Waals surface area (Å²) < 4.78 is 30.8. The summed E-state index contributed by atoms with van der Waals surface area (Å²) in [5.41, 5.74) is 5.29. The first kappa shape index (κ1) is 20.5. The number of ether oxygens (including phenoxy) is 1. The Morgan fingerprint density at radius 2 is 1.97 bits per heavy atom. The number of esters is 1. The molecule has 1 fully saturated rings. The van der Waals surface area contributed by atoms with Gasteiger partial charge in [0, 0.05) is 17.7 Å². The van der Waals surface area contributed by atoms with Crippen molar-refractivity contribution in [3.63, 3.8) is 0 Å². The maximum absolute atomic E-state index is 12.1. The Morgan fingerprint density at radius 1 is 1.23 bits per heavy atom. The van der Waals surface area contributed by atoms with E-state index in [0.717, 1.165) is 33.5 Å². The van der Waals surface area contributed by atoms with Gasteiger partial charge in [0.25, 0.3) is 0 Å². The van der Waals surface area contributed by atoms with Crippen molar-refractivity contribution in [3.05, 3.63) is 47.2 Å². The van der Waals surface area contributed by atoms with Crippen LogP contribution in [0.25, 0.3) is 22.3 Å². The maximum atomic E-state index is 12.1. The van der Waals surface area contributed by atoms with Crippen LogP contribution >= 0.6 is 0 Å². The van der Waals surface area contributed by atoms with Crippen LogP contribution in [-0.4, -0.2) is 47.8 Å². The fourth-order valence-corrected chi connectivity index (χ4v) is 5.94. The number of sulfone groups is 1. The minimum absolute atomic E-state index is 0.0852. The molecular formula is C22H25N3O4S. The SMILES string of the molecule is COC(=O)CCc1c(C)nc2c(c(-c3ccccc3)nn2[C@@H]2CCS(=O)(=O)C2)c1C. The summed E-state index contributed by atoms with van der Waals surface area (Å²) in [4.78, 5) is 16.5. The molecule has 4 rings (SSSR count). The quantitative estimate of drug-likeness (QED) is 0.581. The lowest BCUT2D eigenvalue weighted by atomic mass is 9.97. The second-order valence-electron chi connectivity index (χ2n) is 7.79. The molecule has 0 unspecified atom stereocenters. The number of hydrogen-bond acceptors (Lipinski definition) is 6. The van der Waals surface area contributed by atoms with Crippen molar-refractivity contribution < 1.29 is 17.9 Å². The van der Waals surface area contributed by atoms with E-state index in [2.05, 4.69) is 0 Å². The highest BCUT2D eigenvalue weighted by molar-refractivity contribution is 7.91. The fraction of sp³-hybridized carbons (Fsp3) is 0.409. The molecule has 30 heavy (non-hydrogen) atoms. The molecule has 0 radical (unpaired) electrons. The molecule has 0 amide bonds. The molecule has 158 valence electrons. The van der Waals surface area contributed by atoms with Gasteiger partial charge in [-0.15, -0.1) is 0 Å². The molecule has 1 aliphatic rings. The topological polar surface area (TPSA) is 91.2 Å². The summed E-state index contributed by atoms with van der Waals surface area (Å²) in [5.74, 6) is 0.000508. The summed E-state index contributed by atoms with van der Waals surface area (Å²) in [5, 5.41) is 5.77. The number of carbonyl (C=O) groups excluding carboxylic acids is 1. The lowest BCUT2D eigenvalue weighted by Crippen LogP contribution is -2.13. The zero-order chi connectivity index (χ0) is 21.5. The van der Waals surface area contributed by atoms with E-state index in [9.17, 15) is 13.2 Å². The fourth-order valence-electron chi connectivity index (χ4n) is 4.25. The number of methoxy groups -OCH3 is 1. The molecule has 1 aliphatic heterocycles. The Hall–Kier alpha value is -2.74. The summed E-state index contributed by atoms with van der Waals surface area (Å²) in [6.07, 6.45) is 1.35. The Labute approximate surface area is 176 Å². The van der Waals surface area contributed by atoms with Crippen molar-refractivity contribution in [3.8, 4) is 11.3 Å². The third-order valence-corrected chi connectivity index (χ3v) is 7.58. The van der Waals surface area contributed by atoms with Gasteiger partial charge in [0.2, 0.25) is 0 Å². The number of hydrogen-bond donors (Lipinski definition) is 0. The second kappa shape index (κ2) is 7.83. The third kappa shape index (κ3) is 3.71. The van der Waals surface area contributed by atoms with E-state index in [1.807, 2.05) is 44.2 Å². The van der Waals surface area contributed by atoms with Crippen LogP contribution in [0.15, 0.2) is 30.3 Å². The number of carbonyl (C=O) groups is 1. The number of benzene rings is 1. The smallest absolute Gasteiger partial charge is 0.305 e. The van der Waals surface area contributed by atoms with Crippen molar-refractivity contribution in [2.75, 3.05) is 18.6 Å². The molecule has 1 aromatic carbocycles.